The van der Waals surface area contributed by atoms with E-state index in [1.54, 1.807) is 0 Å². The van der Waals surface area contributed by atoms with Gasteiger partial charge < -0.3 is 4.74 Å². The van der Waals surface area contributed by atoms with Crippen molar-refractivity contribution >= 4 is 7.85 Å². The Morgan fingerprint density at radius 2 is 2.11 bits per heavy atom. The van der Waals surface area contributed by atoms with E-state index in [0.29, 0.717) is 12.0 Å². The van der Waals surface area contributed by atoms with E-state index >= 15 is 0 Å². The topological polar surface area (TPSA) is 9.23 Å². The molecule has 0 aromatic heterocycles. The summed E-state index contributed by atoms with van der Waals surface area (Å²) < 4.78 is 5.40. The molecule has 0 spiro atoms. The van der Waals surface area contributed by atoms with Crippen LogP contribution in [0.5, 0.6) is 0 Å². The van der Waals surface area contributed by atoms with Crippen molar-refractivity contribution in [3.05, 3.63) is 0 Å². The number of ether oxygens (including phenoxy) is 1. The van der Waals surface area contributed by atoms with E-state index in [-0.39, 0.29) is 6.00 Å². The predicted octanol–water partition coefficient (Wildman–Crippen LogP) is 1.32. The van der Waals surface area contributed by atoms with Crippen molar-refractivity contribution in [2.45, 2.75) is 38.8 Å². The molecule has 0 amide bonds. The smallest absolute Gasteiger partial charge is 0.109 e. The predicted molar refractivity (Wildman–Crippen MR) is 38.5 cm³/mol. The van der Waals surface area contributed by atoms with Gasteiger partial charge in [-0.05, 0) is 18.8 Å². The van der Waals surface area contributed by atoms with Crippen molar-refractivity contribution in [2.24, 2.45) is 5.92 Å². The lowest BCUT2D eigenvalue weighted by atomic mass is 9.96. The Kier molecular flexibility index (Phi) is 2.17. The second-order valence-electron chi connectivity index (χ2n) is 3.03. The van der Waals surface area contributed by atoms with Gasteiger partial charge in [-0.15, -0.1) is 0 Å². The average molecular weight is 124 g/mol. The SMILES string of the molecule is [B]C1CCC(C(C)C)O1. The van der Waals surface area contributed by atoms with Gasteiger partial charge in [0.15, 0.2) is 0 Å². The summed E-state index contributed by atoms with van der Waals surface area (Å²) in [4.78, 5) is 0. The summed E-state index contributed by atoms with van der Waals surface area (Å²) in [5, 5.41) is 0. The first kappa shape index (κ1) is 7.14. The molecule has 1 nitrogen and oxygen atoms in total. The minimum atomic E-state index is 0.0115. The van der Waals surface area contributed by atoms with Gasteiger partial charge >= 0.3 is 0 Å². The summed E-state index contributed by atoms with van der Waals surface area (Å²) in [6, 6.07) is 0.0115. The zero-order valence-electron chi connectivity index (χ0n) is 6.13. The van der Waals surface area contributed by atoms with Crippen molar-refractivity contribution < 1.29 is 4.74 Å². The van der Waals surface area contributed by atoms with Gasteiger partial charge in [0, 0.05) is 6.00 Å². The van der Waals surface area contributed by atoms with Crippen molar-refractivity contribution in [2.75, 3.05) is 0 Å². The van der Waals surface area contributed by atoms with Crippen molar-refractivity contribution in [1.82, 2.24) is 0 Å². The van der Waals surface area contributed by atoms with Crippen LogP contribution >= 0.6 is 0 Å². The first-order valence-electron chi connectivity index (χ1n) is 3.61. The van der Waals surface area contributed by atoms with Gasteiger partial charge in [-0.3, -0.25) is 0 Å². The summed E-state index contributed by atoms with van der Waals surface area (Å²) in [5.41, 5.74) is 0. The maximum absolute atomic E-state index is 5.54. The molecule has 9 heavy (non-hydrogen) atoms. The average Bonchev–Trinajstić information content (AvgIpc) is 2.14. The number of hydrogen-bond donors (Lipinski definition) is 0. The molecule has 0 saturated carbocycles. The van der Waals surface area contributed by atoms with Crippen LogP contribution in [0.3, 0.4) is 0 Å². The zero-order chi connectivity index (χ0) is 6.85. The third-order valence-corrected chi connectivity index (χ3v) is 1.83. The Hall–Kier alpha value is 0.0249. The van der Waals surface area contributed by atoms with E-state index < -0.39 is 0 Å². The molecular weight excluding hydrogens is 111 g/mol. The standard InChI is InChI=1S/C7H13BO/c1-5(2)6-3-4-7(8)9-6/h5-7H,3-4H2,1-2H3. The summed E-state index contributed by atoms with van der Waals surface area (Å²) in [7, 11) is 5.54. The zero-order valence-corrected chi connectivity index (χ0v) is 6.13. The Balaban J connectivity index is 2.30. The van der Waals surface area contributed by atoms with Crippen LogP contribution in [0.2, 0.25) is 0 Å². The molecule has 0 N–H and O–H groups in total. The van der Waals surface area contributed by atoms with Gasteiger partial charge in [0.1, 0.15) is 7.85 Å². The molecule has 1 aliphatic heterocycles. The molecule has 1 heterocycles. The van der Waals surface area contributed by atoms with Crippen LogP contribution < -0.4 is 0 Å². The first-order chi connectivity index (χ1) is 4.20. The van der Waals surface area contributed by atoms with Gasteiger partial charge in [0.05, 0.1) is 6.10 Å². The maximum Gasteiger partial charge on any atom is 0.109 e. The molecule has 1 fully saturated rings. The highest BCUT2D eigenvalue weighted by atomic mass is 16.5. The van der Waals surface area contributed by atoms with E-state index in [4.69, 9.17) is 12.6 Å². The fraction of sp³-hybridized carbons (Fsp3) is 1.00. The van der Waals surface area contributed by atoms with Gasteiger partial charge in [0.2, 0.25) is 0 Å². The Bertz CT molecular complexity index is 92.9. The first-order valence-corrected chi connectivity index (χ1v) is 3.61. The van der Waals surface area contributed by atoms with E-state index in [1.165, 1.54) is 0 Å². The van der Waals surface area contributed by atoms with Crippen LogP contribution in [0.4, 0.5) is 0 Å². The maximum atomic E-state index is 5.54. The van der Waals surface area contributed by atoms with Gasteiger partial charge in [0.25, 0.3) is 0 Å². The minimum absolute atomic E-state index is 0.0115. The highest BCUT2D eigenvalue weighted by Gasteiger charge is 2.23. The lowest BCUT2D eigenvalue weighted by molar-refractivity contribution is 0.0564. The lowest BCUT2D eigenvalue weighted by Crippen LogP contribution is -2.16. The molecule has 0 aromatic carbocycles. The monoisotopic (exact) mass is 124 g/mol. The molecule has 0 aromatic rings. The second-order valence-corrected chi connectivity index (χ2v) is 3.03. The van der Waals surface area contributed by atoms with Crippen LogP contribution in [0.15, 0.2) is 0 Å². The van der Waals surface area contributed by atoms with Crippen molar-refractivity contribution in [3.8, 4) is 0 Å². The van der Waals surface area contributed by atoms with E-state index in [0.717, 1.165) is 12.8 Å². The quantitative estimate of drug-likeness (QED) is 0.479. The molecule has 50 valence electrons. The van der Waals surface area contributed by atoms with Crippen LogP contribution in [0.1, 0.15) is 26.7 Å². The molecule has 0 bridgehead atoms. The molecule has 2 heteroatoms. The Labute approximate surface area is 58.2 Å². The molecule has 2 unspecified atom stereocenters. The molecule has 2 atom stereocenters. The van der Waals surface area contributed by atoms with Gasteiger partial charge in [-0.2, -0.15) is 0 Å². The summed E-state index contributed by atoms with van der Waals surface area (Å²) in [6.07, 6.45) is 2.58. The third-order valence-electron chi connectivity index (χ3n) is 1.83. The van der Waals surface area contributed by atoms with E-state index in [2.05, 4.69) is 13.8 Å². The molecule has 0 aliphatic carbocycles. The fourth-order valence-electron chi connectivity index (χ4n) is 1.18. The minimum Gasteiger partial charge on any atom is -0.384 e. The Morgan fingerprint density at radius 3 is 2.33 bits per heavy atom. The second kappa shape index (κ2) is 2.74. The van der Waals surface area contributed by atoms with Crippen LogP contribution in [-0.4, -0.2) is 20.0 Å². The summed E-state index contributed by atoms with van der Waals surface area (Å²) in [5.74, 6) is 0.624. The van der Waals surface area contributed by atoms with Crippen molar-refractivity contribution in [1.29, 1.82) is 0 Å². The van der Waals surface area contributed by atoms with Crippen LogP contribution in [0.25, 0.3) is 0 Å². The summed E-state index contributed by atoms with van der Waals surface area (Å²) >= 11 is 0. The molecule has 2 radical (unpaired) electrons. The van der Waals surface area contributed by atoms with E-state index in [1.807, 2.05) is 0 Å². The molecule has 1 aliphatic rings. The van der Waals surface area contributed by atoms with Crippen LogP contribution in [-0.2, 0) is 4.74 Å². The largest absolute Gasteiger partial charge is 0.384 e. The van der Waals surface area contributed by atoms with Crippen molar-refractivity contribution in [3.63, 3.8) is 0 Å². The molecule has 1 rings (SSSR count). The summed E-state index contributed by atoms with van der Waals surface area (Å²) in [6.45, 7) is 4.34. The Morgan fingerprint density at radius 1 is 1.44 bits per heavy atom. The van der Waals surface area contributed by atoms with E-state index in [9.17, 15) is 0 Å². The molecular formula is C7H13BO. The highest BCUT2D eigenvalue weighted by Crippen LogP contribution is 2.22. The lowest BCUT2D eigenvalue weighted by Gasteiger charge is -2.14. The third kappa shape index (κ3) is 1.72. The fourth-order valence-corrected chi connectivity index (χ4v) is 1.18. The number of rotatable bonds is 1. The molecule has 1 saturated heterocycles. The number of hydrogen-bond acceptors (Lipinski definition) is 1. The van der Waals surface area contributed by atoms with Gasteiger partial charge in [-0.25, -0.2) is 0 Å². The normalized spacial score (nSPS) is 35.9. The highest BCUT2D eigenvalue weighted by molar-refractivity contribution is 6.11. The van der Waals surface area contributed by atoms with Gasteiger partial charge in [-0.1, -0.05) is 13.8 Å². The van der Waals surface area contributed by atoms with Crippen LogP contribution in [0, 0.1) is 5.92 Å².